The minimum absolute atomic E-state index is 0.0587. The van der Waals surface area contributed by atoms with Crippen LogP contribution in [0.4, 0.5) is 0 Å². The van der Waals surface area contributed by atoms with E-state index < -0.39 is 0 Å². The molecule has 1 fully saturated rings. The van der Waals surface area contributed by atoms with Crippen molar-refractivity contribution in [1.29, 1.82) is 0 Å². The number of halogens is 2. The van der Waals surface area contributed by atoms with Crippen molar-refractivity contribution in [2.24, 2.45) is 0 Å². The van der Waals surface area contributed by atoms with Gasteiger partial charge in [0.25, 0.3) is 0 Å². The first-order valence-electron chi connectivity index (χ1n) is 6.03. The van der Waals surface area contributed by atoms with Crippen molar-refractivity contribution in [3.05, 3.63) is 33.8 Å². The lowest BCUT2D eigenvalue weighted by molar-refractivity contribution is -0.154. The molecule has 0 aromatic heterocycles. The van der Waals surface area contributed by atoms with Gasteiger partial charge < -0.3 is 0 Å². The normalized spacial score (nSPS) is 20.3. The Hall–Kier alpha value is -0.610. The topological polar surface area (TPSA) is 29.5 Å². The lowest BCUT2D eigenvalue weighted by Gasteiger charge is -2.22. The van der Waals surface area contributed by atoms with Gasteiger partial charge in [0.15, 0.2) is 5.78 Å². The molecule has 0 bridgehead atoms. The Morgan fingerprint density at radius 2 is 2.11 bits per heavy atom. The van der Waals surface area contributed by atoms with Crippen LogP contribution in [0.2, 0.25) is 10.0 Å². The highest BCUT2D eigenvalue weighted by Gasteiger charge is 2.33. The van der Waals surface area contributed by atoms with Gasteiger partial charge in [0, 0.05) is 6.54 Å². The number of hydrogen-bond acceptors (Lipinski definition) is 3. The Morgan fingerprint density at radius 1 is 1.44 bits per heavy atom. The minimum Gasteiger partial charge on any atom is -0.299 e. The van der Waals surface area contributed by atoms with Crippen molar-refractivity contribution in [3.8, 4) is 0 Å². The van der Waals surface area contributed by atoms with Crippen LogP contribution in [-0.4, -0.2) is 30.0 Å². The number of hydroxylamine groups is 2. The predicted octanol–water partition coefficient (Wildman–Crippen LogP) is 3.59. The van der Waals surface area contributed by atoms with Crippen LogP contribution in [0, 0.1) is 0 Å². The molecule has 1 atom stereocenters. The second-order valence-electron chi connectivity index (χ2n) is 4.18. The average Bonchev–Trinajstić information content (AvgIpc) is 2.77. The number of carbonyl (C=O) groups excluding carboxylic acids is 1. The third-order valence-corrected chi connectivity index (χ3v) is 3.64. The lowest BCUT2D eigenvalue weighted by atomic mass is 10.0. The smallest absolute Gasteiger partial charge is 0.185 e. The zero-order valence-corrected chi connectivity index (χ0v) is 11.7. The summed E-state index contributed by atoms with van der Waals surface area (Å²) in [5.41, 5.74) is 0.400. The maximum absolute atomic E-state index is 12.5. The first-order valence-corrected chi connectivity index (χ1v) is 6.78. The molecule has 1 aromatic rings. The fourth-order valence-corrected chi connectivity index (χ4v) is 2.81. The maximum atomic E-state index is 12.5. The van der Waals surface area contributed by atoms with E-state index in [0.717, 1.165) is 19.4 Å². The van der Waals surface area contributed by atoms with Gasteiger partial charge in [-0.1, -0.05) is 29.3 Å². The summed E-state index contributed by atoms with van der Waals surface area (Å²) in [6.07, 6.45) is 1.72. The molecule has 3 nitrogen and oxygen atoms in total. The highest BCUT2D eigenvalue weighted by Crippen LogP contribution is 2.29. The molecule has 0 spiro atoms. The number of benzene rings is 1. The fraction of sp³-hybridized carbons (Fsp3) is 0.462. The van der Waals surface area contributed by atoms with Crippen LogP contribution in [0.5, 0.6) is 0 Å². The maximum Gasteiger partial charge on any atom is 0.185 e. The molecule has 0 aliphatic carbocycles. The summed E-state index contributed by atoms with van der Waals surface area (Å²) in [6.45, 7) is 3.23. The molecule has 5 heteroatoms. The first-order chi connectivity index (χ1) is 8.65. The van der Waals surface area contributed by atoms with E-state index in [1.54, 1.807) is 23.3 Å². The molecule has 1 aliphatic rings. The van der Waals surface area contributed by atoms with Gasteiger partial charge in [0.05, 0.1) is 28.3 Å². The van der Waals surface area contributed by atoms with Crippen LogP contribution in [0.15, 0.2) is 18.2 Å². The van der Waals surface area contributed by atoms with Gasteiger partial charge in [-0.3, -0.25) is 9.63 Å². The van der Waals surface area contributed by atoms with Gasteiger partial charge >= 0.3 is 0 Å². The number of ketones is 1. The highest BCUT2D eigenvalue weighted by molar-refractivity contribution is 6.40. The highest BCUT2D eigenvalue weighted by atomic mass is 35.5. The minimum atomic E-state index is -0.276. The molecule has 98 valence electrons. The third-order valence-electron chi connectivity index (χ3n) is 3.01. The van der Waals surface area contributed by atoms with Gasteiger partial charge in [-0.15, -0.1) is 0 Å². The summed E-state index contributed by atoms with van der Waals surface area (Å²) in [5.74, 6) is -0.0587. The van der Waals surface area contributed by atoms with E-state index in [1.807, 2.05) is 6.92 Å². The predicted molar refractivity (Wildman–Crippen MR) is 72.1 cm³/mol. The van der Waals surface area contributed by atoms with E-state index in [-0.39, 0.29) is 11.8 Å². The van der Waals surface area contributed by atoms with E-state index in [9.17, 15) is 4.79 Å². The van der Waals surface area contributed by atoms with Crippen LogP contribution in [-0.2, 0) is 4.84 Å². The standard InChI is InChI=1S/C13H15Cl2NO2/c1-2-18-16-8-4-7-11(16)13(17)12-9(14)5-3-6-10(12)15/h3,5-6,11H,2,4,7-8H2,1H3. The number of carbonyl (C=O) groups is 1. The molecule has 0 amide bonds. The Labute approximate surface area is 117 Å². The molecule has 1 aromatic carbocycles. The van der Waals surface area contributed by atoms with Crippen molar-refractivity contribution in [2.45, 2.75) is 25.8 Å². The van der Waals surface area contributed by atoms with E-state index in [2.05, 4.69) is 0 Å². The van der Waals surface area contributed by atoms with Crippen molar-refractivity contribution >= 4 is 29.0 Å². The molecule has 1 heterocycles. The van der Waals surface area contributed by atoms with Gasteiger partial charge in [0.2, 0.25) is 0 Å². The van der Waals surface area contributed by atoms with Gasteiger partial charge in [-0.25, -0.2) is 0 Å². The number of hydrogen-bond donors (Lipinski definition) is 0. The number of nitrogens with zero attached hydrogens (tertiary/aromatic N) is 1. The van der Waals surface area contributed by atoms with Crippen LogP contribution in [0.1, 0.15) is 30.1 Å². The molecule has 18 heavy (non-hydrogen) atoms. The monoisotopic (exact) mass is 287 g/mol. The molecule has 0 N–H and O–H groups in total. The second-order valence-corrected chi connectivity index (χ2v) is 4.99. The quantitative estimate of drug-likeness (QED) is 0.793. The SMILES string of the molecule is CCON1CCCC1C(=O)c1c(Cl)cccc1Cl. The fourth-order valence-electron chi connectivity index (χ4n) is 2.22. The second kappa shape index (κ2) is 6.02. The van der Waals surface area contributed by atoms with E-state index in [4.69, 9.17) is 28.0 Å². The van der Waals surface area contributed by atoms with Crippen LogP contribution < -0.4 is 0 Å². The Bertz CT molecular complexity index is 430. The summed E-state index contributed by atoms with van der Waals surface area (Å²) in [6, 6.07) is 4.82. The Balaban J connectivity index is 2.25. The van der Waals surface area contributed by atoms with Crippen molar-refractivity contribution in [3.63, 3.8) is 0 Å². The summed E-state index contributed by atoms with van der Waals surface area (Å²) in [7, 11) is 0. The Kier molecular flexibility index (Phi) is 4.62. The first kappa shape index (κ1) is 13.8. The van der Waals surface area contributed by atoms with Crippen LogP contribution in [0.25, 0.3) is 0 Å². The van der Waals surface area contributed by atoms with Gasteiger partial charge in [0.1, 0.15) is 0 Å². The summed E-state index contributed by atoms with van der Waals surface area (Å²) < 4.78 is 0. The third kappa shape index (κ3) is 2.69. The summed E-state index contributed by atoms with van der Waals surface area (Å²) in [5, 5.41) is 2.54. The number of Topliss-reactive ketones (excluding diaryl/α,β-unsaturated/α-hetero) is 1. The van der Waals surface area contributed by atoms with Crippen molar-refractivity contribution in [1.82, 2.24) is 5.06 Å². The molecular weight excluding hydrogens is 273 g/mol. The molecule has 0 radical (unpaired) electrons. The van der Waals surface area contributed by atoms with E-state index in [0.29, 0.717) is 22.2 Å². The van der Waals surface area contributed by atoms with Crippen LogP contribution >= 0.6 is 23.2 Å². The average molecular weight is 288 g/mol. The summed E-state index contributed by atoms with van der Waals surface area (Å²) in [4.78, 5) is 17.9. The van der Waals surface area contributed by atoms with Gasteiger partial charge in [-0.2, -0.15) is 5.06 Å². The van der Waals surface area contributed by atoms with Crippen LogP contribution in [0.3, 0.4) is 0 Å². The Morgan fingerprint density at radius 3 is 2.72 bits per heavy atom. The largest absolute Gasteiger partial charge is 0.299 e. The molecule has 2 rings (SSSR count). The van der Waals surface area contributed by atoms with Gasteiger partial charge in [-0.05, 0) is 31.9 Å². The lowest BCUT2D eigenvalue weighted by Crippen LogP contribution is -2.36. The molecular formula is C13H15Cl2NO2. The van der Waals surface area contributed by atoms with Crippen molar-refractivity contribution < 1.29 is 9.63 Å². The molecule has 0 saturated carbocycles. The number of rotatable bonds is 4. The zero-order valence-electron chi connectivity index (χ0n) is 10.2. The zero-order chi connectivity index (χ0) is 13.1. The summed E-state index contributed by atoms with van der Waals surface area (Å²) >= 11 is 12.1. The molecule has 1 unspecified atom stereocenters. The van der Waals surface area contributed by atoms with E-state index >= 15 is 0 Å². The van der Waals surface area contributed by atoms with E-state index in [1.165, 1.54) is 0 Å². The molecule has 1 saturated heterocycles. The van der Waals surface area contributed by atoms with Crippen molar-refractivity contribution in [2.75, 3.05) is 13.2 Å². The molecule has 1 aliphatic heterocycles.